The van der Waals surface area contributed by atoms with Gasteiger partial charge in [0.25, 0.3) is 0 Å². The summed E-state index contributed by atoms with van der Waals surface area (Å²) in [6.45, 7) is 9.68. The van der Waals surface area contributed by atoms with E-state index in [0.29, 0.717) is 0 Å². The molecule has 0 bridgehead atoms. The molecule has 0 N–H and O–H groups in total. The van der Waals surface area contributed by atoms with Gasteiger partial charge in [-0.3, -0.25) is 0 Å². The van der Waals surface area contributed by atoms with Gasteiger partial charge in [-0.1, -0.05) is 62.7 Å². The van der Waals surface area contributed by atoms with E-state index in [0.717, 1.165) is 17.9 Å². The number of nitrogens with zero attached hydrogens (tertiary/aromatic N) is 2. The molecule has 2 heteroatoms. The molecule has 21 heavy (non-hydrogen) atoms. The first-order chi connectivity index (χ1) is 9.95. The molecule has 0 amide bonds. The van der Waals surface area contributed by atoms with Crippen LogP contribution in [0.25, 0.3) is 11.0 Å². The highest BCUT2D eigenvalue weighted by Gasteiger charge is 2.22. The summed E-state index contributed by atoms with van der Waals surface area (Å²) in [6.07, 6.45) is 0. The second-order valence-electron chi connectivity index (χ2n) is 6.75. The Morgan fingerprint density at radius 3 is 2.48 bits per heavy atom. The van der Waals surface area contributed by atoms with Crippen LogP contribution < -0.4 is 0 Å². The van der Waals surface area contributed by atoms with Gasteiger partial charge in [-0.2, -0.15) is 0 Å². The van der Waals surface area contributed by atoms with Gasteiger partial charge < -0.3 is 4.57 Å². The number of rotatable bonds is 2. The molecule has 3 rings (SSSR count). The van der Waals surface area contributed by atoms with E-state index in [2.05, 4.69) is 80.8 Å². The fraction of sp³-hybridized carbons (Fsp3) is 0.316. The van der Waals surface area contributed by atoms with Crippen molar-refractivity contribution in [1.82, 2.24) is 9.55 Å². The molecule has 2 aromatic carbocycles. The predicted octanol–water partition coefficient (Wildman–Crippen LogP) is 4.69. The second kappa shape index (κ2) is 5.03. The van der Waals surface area contributed by atoms with Crippen molar-refractivity contribution < 1.29 is 0 Å². The molecule has 0 atom stereocenters. The normalized spacial score (nSPS) is 12.0. The Morgan fingerprint density at radius 2 is 1.76 bits per heavy atom. The van der Waals surface area contributed by atoms with Crippen LogP contribution in [-0.4, -0.2) is 9.55 Å². The van der Waals surface area contributed by atoms with Crippen LogP contribution in [0.2, 0.25) is 0 Å². The van der Waals surface area contributed by atoms with Crippen molar-refractivity contribution in [3.63, 3.8) is 0 Å². The Balaban J connectivity index is 2.15. The summed E-state index contributed by atoms with van der Waals surface area (Å²) in [5.74, 6) is 1.14. The van der Waals surface area contributed by atoms with Crippen LogP contribution in [0.1, 0.15) is 37.7 Å². The van der Waals surface area contributed by atoms with Gasteiger partial charge >= 0.3 is 0 Å². The van der Waals surface area contributed by atoms with E-state index in [-0.39, 0.29) is 5.41 Å². The number of fused-ring (bicyclic) bond motifs is 1. The maximum absolute atomic E-state index is 4.87. The molecule has 2 nitrogen and oxygen atoms in total. The third kappa shape index (κ3) is 2.71. The largest absolute Gasteiger partial charge is 0.323 e. The van der Waals surface area contributed by atoms with E-state index in [9.17, 15) is 0 Å². The highest BCUT2D eigenvalue weighted by molar-refractivity contribution is 5.76. The Hall–Kier alpha value is -2.09. The first-order valence-corrected chi connectivity index (χ1v) is 7.46. The van der Waals surface area contributed by atoms with E-state index in [1.54, 1.807) is 0 Å². The third-order valence-corrected chi connectivity index (χ3v) is 3.75. The van der Waals surface area contributed by atoms with Crippen LogP contribution in [0, 0.1) is 6.92 Å². The number of aromatic nitrogens is 2. The highest BCUT2D eigenvalue weighted by Crippen LogP contribution is 2.27. The highest BCUT2D eigenvalue weighted by atomic mass is 15.1. The molecule has 0 fully saturated rings. The van der Waals surface area contributed by atoms with Crippen LogP contribution in [0.15, 0.2) is 48.5 Å². The lowest BCUT2D eigenvalue weighted by atomic mass is 9.95. The zero-order valence-corrected chi connectivity index (χ0v) is 13.2. The molecule has 0 aliphatic carbocycles. The lowest BCUT2D eigenvalue weighted by Gasteiger charge is -2.20. The Morgan fingerprint density at radius 1 is 1.00 bits per heavy atom. The fourth-order valence-corrected chi connectivity index (χ4v) is 2.80. The summed E-state index contributed by atoms with van der Waals surface area (Å²) in [7, 11) is 0. The van der Waals surface area contributed by atoms with Crippen molar-refractivity contribution in [2.75, 3.05) is 0 Å². The van der Waals surface area contributed by atoms with E-state index in [1.165, 1.54) is 16.6 Å². The van der Waals surface area contributed by atoms with E-state index in [4.69, 9.17) is 4.98 Å². The molecule has 0 spiro atoms. The van der Waals surface area contributed by atoms with Crippen LogP contribution >= 0.6 is 0 Å². The van der Waals surface area contributed by atoms with Crippen LogP contribution in [0.5, 0.6) is 0 Å². The topological polar surface area (TPSA) is 17.8 Å². The summed E-state index contributed by atoms with van der Waals surface area (Å²) >= 11 is 0. The molecule has 0 unspecified atom stereocenters. The minimum atomic E-state index is 0.0306. The standard InChI is InChI=1S/C19H22N2/c1-14-8-7-9-15(12-14)13-21-17-11-6-5-10-16(17)20-18(21)19(2,3)4/h5-12H,13H2,1-4H3. The SMILES string of the molecule is Cc1cccc(Cn2c(C(C)(C)C)nc3ccccc32)c1. The van der Waals surface area contributed by atoms with Crippen molar-refractivity contribution in [3.8, 4) is 0 Å². The van der Waals surface area contributed by atoms with Gasteiger partial charge in [0, 0.05) is 12.0 Å². The molecule has 0 aliphatic heterocycles. The lowest BCUT2D eigenvalue weighted by molar-refractivity contribution is 0.516. The average molecular weight is 278 g/mol. The van der Waals surface area contributed by atoms with Gasteiger partial charge in [0.2, 0.25) is 0 Å². The molecule has 1 heterocycles. The van der Waals surface area contributed by atoms with Crippen molar-refractivity contribution in [2.24, 2.45) is 0 Å². The zero-order valence-electron chi connectivity index (χ0n) is 13.2. The van der Waals surface area contributed by atoms with E-state index < -0.39 is 0 Å². The molecular weight excluding hydrogens is 256 g/mol. The van der Waals surface area contributed by atoms with Crippen molar-refractivity contribution in [3.05, 3.63) is 65.5 Å². The number of hydrogen-bond donors (Lipinski definition) is 0. The molecule has 108 valence electrons. The second-order valence-corrected chi connectivity index (χ2v) is 6.75. The minimum absolute atomic E-state index is 0.0306. The summed E-state index contributed by atoms with van der Waals surface area (Å²) in [5.41, 5.74) is 4.94. The van der Waals surface area contributed by atoms with Gasteiger partial charge in [-0.25, -0.2) is 4.98 Å². The molecule has 1 aromatic heterocycles. The molecule has 3 aromatic rings. The first kappa shape index (κ1) is 13.9. The summed E-state index contributed by atoms with van der Waals surface area (Å²) in [4.78, 5) is 4.87. The van der Waals surface area contributed by atoms with E-state index in [1.807, 2.05) is 0 Å². The molecule has 0 radical (unpaired) electrons. The van der Waals surface area contributed by atoms with Gasteiger partial charge in [0.1, 0.15) is 5.82 Å². The van der Waals surface area contributed by atoms with Crippen molar-refractivity contribution >= 4 is 11.0 Å². The van der Waals surface area contributed by atoms with Gasteiger partial charge in [0.05, 0.1) is 11.0 Å². The molecule has 0 saturated carbocycles. The van der Waals surface area contributed by atoms with Gasteiger partial charge in [0.15, 0.2) is 0 Å². The number of imidazole rings is 1. The van der Waals surface area contributed by atoms with Gasteiger partial charge in [-0.05, 0) is 24.6 Å². The number of benzene rings is 2. The third-order valence-electron chi connectivity index (χ3n) is 3.75. The average Bonchev–Trinajstić information content (AvgIpc) is 2.78. The van der Waals surface area contributed by atoms with Gasteiger partial charge in [-0.15, -0.1) is 0 Å². The predicted molar refractivity (Wildman–Crippen MR) is 88.7 cm³/mol. The van der Waals surface area contributed by atoms with Crippen LogP contribution in [-0.2, 0) is 12.0 Å². The lowest BCUT2D eigenvalue weighted by Crippen LogP contribution is -2.19. The van der Waals surface area contributed by atoms with Crippen LogP contribution in [0.3, 0.4) is 0 Å². The summed E-state index contributed by atoms with van der Waals surface area (Å²) in [6, 6.07) is 17.1. The smallest absolute Gasteiger partial charge is 0.115 e. The minimum Gasteiger partial charge on any atom is -0.323 e. The number of para-hydroxylation sites is 2. The Labute approximate surface area is 126 Å². The molecule has 0 aliphatic rings. The van der Waals surface area contributed by atoms with Crippen molar-refractivity contribution in [2.45, 2.75) is 39.7 Å². The first-order valence-electron chi connectivity index (χ1n) is 7.46. The number of aryl methyl sites for hydroxylation is 1. The molecule has 0 saturated heterocycles. The van der Waals surface area contributed by atoms with Crippen molar-refractivity contribution in [1.29, 1.82) is 0 Å². The van der Waals surface area contributed by atoms with E-state index >= 15 is 0 Å². The maximum Gasteiger partial charge on any atom is 0.115 e. The van der Waals surface area contributed by atoms with Crippen LogP contribution in [0.4, 0.5) is 0 Å². The zero-order chi connectivity index (χ0) is 15.0. The maximum atomic E-state index is 4.87. The monoisotopic (exact) mass is 278 g/mol. The number of hydrogen-bond acceptors (Lipinski definition) is 1. The summed E-state index contributed by atoms with van der Waals surface area (Å²) < 4.78 is 2.35. The quantitative estimate of drug-likeness (QED) is 0.665. The Bertz CT molecular complexity index is 776. The summed E-state index contributed by atoms with van der Waals surface area (Å²) in [5, 5.41) is 0. The molecular formula is C19H22N2. The Kier molecular flexibility index (Phi) is 3.32. The fourth-order valence-electron chi connectivity index (χ4n) is 2.80.